The Morgan fingerprint density at radius 3 is 2.67 bits per heavy atom. The maximum Gasteiger partial charge on any atom is 0.214 e. The summed E-state index contributed by atoms with van der Waals surface area (Å²) in [6.45, 7) is 2.93. The number of nitrogens with zero attached hydrogens (tertiary/aromatic N) is 2. The Balaban J connectivity index is 1.67. The molecule has 1 N–H and O–H groups in total. The number of hydrogen-bond acceptors (Lipinski definition) is 4. The van der Waals surface area contributed by atoms with Gasteiger partial charge in [0.2, 0.25) is 5.88 Å². The summed E-state index contributed by atoms with van der Waals surface area (Å²) >= 11 is 0. The predicted octanol–water partition coefficient (Wildman–Crippen LogP) is 3.02. The lowest BCUT2D eigenvalue weighted by atomic mass is 10.2. The molecule has 0 spiro atoms. The van der Waals surface area contributed by atoms with Crippen molar-refractivity contribution in [2.45, 2.75) is 13.0 Å². The Labute approximate surface area is 126 Å². The van der Waals surface area contributed by atoms with Crippen LogP contribution >= 0.6 is 0 Å². The van der Waals surface area contributed by atoms with Crippen molar-refractivity contribution in [1.82, 2.24) is 9.88 Å². The lowest BCUT2D eigenvalue weighted by molar-refractivity contribution is 0.325. The molecular formula is C17H23N3O. The molecule has 0 bridgehead atoms. The first-order chi connectivity index (χ1) is 10.3. The van der Waals surface area contributed by atoms with Crippen LogP contribution in [0.2, 0.25) is 0 Å². The molecular weight excluding hydrogens is 262 g/mol. The molecule has 0 aliphatic rings. The summed E-state index contributed by atoms with van der Waals surface area (Å²) in [6.07, 6.45) is 1.07. The van der Waals surface area contributed by atoms with Crippen molar-refractivity contribution >= 4 is 5.82 Å². The summed E-state index contributed by atoms with van der Waals surface area (Å²) in [5.74, 6) is 1.50. The van der Waals surface area contributed by atoms with Gasteiger partial charge in [0.1, 0.15) is 5.82 Å². The fourth-order valence-corrected chi connectivity index (χ4v) is 2.17. The molecule has 21 heavy (non-hydrogen) atoms. The van der Waals surface area contributed by atoms with Crippen LogP contribution in [0.1, 0.15) is 12.0 Å². The molecule has 0 aliphatic carbocycles. The highest BCUT2D eigenvalue weighted by Crippen LogP contribution is 2.10. The quantitative estimate of drug-likeness (QED) is 0.757. The van der Waals surface area contributed by atoms with Gasteiger partial charge in [-0.3, -0.25) is 0 Å². The molecule has 0 aliphatic heterocycles. The minimum absolute atomic E-state index is 0.640. The van der Waals surface area contributed by atoms with E-state index in [0.29, 0.717) is 5.88 Å². The number of pyridine rings is 1. The molecule has 0 atom stereocenters. The molecule has 4 nitrogen and oxygen atoms in total. The first-order valence-electron chi connectivity index (χ1n) is 7.25. The van der Waals surface area contributed by atoms with Gasteiger partial charge in [-0.15, -0.1) is 0 Å². The molecule has 0 saturated heterocycles. The third kappa shape index (κ3) is 5.44. The number of benzene rings is 1. The maximum absolute atomic E-state index is 5.11. The lowest BCUT2D eigenvalue weighted by Gasteiger charge is -2.16. The molecule has 0 amide bonds. The largest absolute Gasteiger partial charge is 0.481 e. The van der Waals surface area contributed by atoms with E-state index < -0.39 is 0 Å². The number of aromatic nitrogens is 1. The molecule has 1 aromatic heterocycles. The Morgan fingerprint density at radius 2 is 1.90 bits per heavy atom. The smallest absolute Gasteiger partial charge is 0.214 e. The van der Waals surface area contributed by atoms with Crippen LogP contribution in [0.3, 0.4) is 0 Å². The van der Waals surface area contributed by atoms with Gasteiger partial charge in [0.05, 0.1) is 7.11 Å². The number of ether oxygens (including phenoxy) is 1. The van der Waals surface area contributed by atoms with Gasteiger partial charge in [0.25, 0.3) is 0 Å². The zero-order valence-electron chi connectivity index (χ0n) is 12.7. The van der Waals surface area contributed by atoms with Crippen molar-refractivity contribution in [3.63, 3.8) is 0 Å². The van der Waals surface area contributed by atoms with Crippen LogP contribution in [0, 0.1) is 0 Å². The number of hydrogen-bond donors (Lipinski definition) is 1. The summed E-state index contributed by atoms with van der Waals surface area (Å²) in [5, 5.41) is 3.32. The predicted molar refractivity (Wildman–Crippen MR) is 86.7 cm³/mol. The van der Waals surface area contributed by atoms with Gasteiger partial charge in [-0.25, -0.2) is 0 Å². The highest BCUT2D eigenvalue weighted by molar-refractivity contribution is 5.36. The van der Waals surface area contributed by atoms with Crippen molar-refractivity contribution in [2.75, 3.05) is 32.6 Å². The van der Waals surface area contributed by atoms with Crippen molar-refractivity contribution in [3.05, 3.63) is 54.1 Å². The Bertz CT molecular complexity index is 531. The third-order valence-corrected chi connectivity index (χ3v) is 3.25. The second kappa shape index (κ2) is 8.27. The van der Waals surface area contributed by atoms with Gasteiger partial charge in [-0.1, -0.05) is 36.4 Å². The van der Waals surface area contributed by atoms with E-state index in [-0.39, 0.29) is 0 Å². The van der Waals surface area contributed by atoms with Crippen LogP contribution in [-0.4, -0.2) is 37.1 Å². The summed E-state index contributed by atoms with van der Waals surface area (Å²) in [4.78, 5) is 6.66. The first-order valence-corrected chi connectivity index (χ1v) is 7.25. The first kappa shape index (κ1) is 15.3. The normalized spacial score (nSPS) is 10.6. The van der Waals surface area contributed by atoms with Gasteiger partial charge in [0, 0.05) is 19.2 Å². The fourth-order valence-electron chi connectivity index (χ4n) is 2.17. The van der Waals surface area contributed by atoms with Crippen LogP contribution < -0.4 is 10.1 Å². The SMILES string of the molecule is COc1cccc(NCCCN(C)Cc2ccccc2)n1. The molecule has 1 heterocycles. The van der Waals surface area contributed by atoms with Crippen LogP contribution in [0.25, 0.3) is 0 Å². The molecule has 112 valence electrons. The molecule has 0 saturated carbocycles. The minimum atomic E-state index is 0.640. The standard InChI is InChI=1S/C17H23N3O/c1-20(14-15-8-4-3-5-9-15)13-7-12-18-16-10-6-11-17(19-16)21-2/h3-6,8-11H,7,12-14H2,1-2H3,(H,18,19). The fraction of sp³-hybridized carbons (Fsp3) is 0.353. The van der Waals surface area contributed by atoms with E-state index in [0.717, 1.165) is 31.9 Å². The molecule has 1 aromatic carbocycles. The summed E-state index contributed by atoms with van der Waals surface area (Å²) < 4.78 is 5.11. The Kier molecular flexibility index (Phi) is 6.03. The average Bonchev–Trinajstić information content (AvgIpc) is 2.53. The highest BCUT2D eigenvalue weighted by Gasteiger charge is 2.00. The second-order valence-electron chi connectivity index (χ2n) is 5.07. The van der Waals surface area contributed by atoms with Gasteiger partial charge < -0.3 is 15.0 Å². The lowest BCUT2D eigenvalue weighted by Crippen LogP contribution is -2.21. The summed E-state index contributed by atoms with van der Waals surface area (Å²) in [5.41, 5.74) is 1.35. The van der Waals surface area contributed by atoms with E-state index in [1.807, 2.05) is 18.2 Å². The topological polar surface area (TPSA) is 37.4 Å². The van der Waals surface area contributed by atoms with E-state index in [2.05, 4.69) is 52.6 Å². The summed E-state index contributed by atoms with van der Waals surface area (Å²) in [6, 6.07) is 16.3. The van der Waals surface area contributed by atoms with E-state index in [9.17, 15) is 0 Å². The number of anilines is 1. The Morgan fingerprint density at radius 1 is 1.10 bits per heavy atom. The number of nitrogens with one attached hydrogen (secondary N) is 1. The third-order valence-electron chi connectivity index (χ3n) is 3.25. The number of rotatable bonds is 8. The molecule has 2 rings (SSSR count). The molecule has 0 fully saturated rings. The van der Waals surface area contributed by atoms with Crippen LogP contribution in [-0.2, 0) is 6.54 Å². The zero-order valence-corrected chi connectivity index (χ0v) is 12.7. The number of methoxy groups -OCH3 is 1. The maximum atomic E-state index is 5.11. The molecule has 2 aromatic rings. The molecule has 4 heteroatoms. The average molecular weight is 285 g/mol. The van der Waals surface area contributed by atoms with Crippen molar-refractivity contribution in [2.24, 2.45) is 0 Å². The minimum Gasteiger partial charge on any atom is -0.481 e. The van der Waals surface area contributed by atoms with Crippen LogP contribution in [0.15, 0.2) is 48.5 Å². The van der Waals surface area contributed by atoms with Gasteiger partial charge in [-0.2, -0.15) is 4.98 Å². The van der Waals surface area contributed by atoms with E-state index >= 15 is 0 Å². The van der Waals surface area contributed by atoms with Gasteiger partial charge >= 0.3 is 0 Å². The van der Waals surface area contributed by atoms with Gasteiger partial charge in [-0.05, 0) is 31.6 Å². The Hall–Kier alpha value is -2.07. The monoisotopic (exact) mass is 285 g/mol. The summed E-state index contributed by atoms with van der Waals surface area (Å²) in [7, 11) is 3.78. The van der Waals surface area contributed by atoms with Crippen molar-refractivity contribution in [3.8, 4) is 5.88 Å². The van der Waals surface area contributed by atoms with Crippen molar-refractivity contribution < 1.29 is 4.74 Å². The van der Waals surface area contributed by atoms with Crippen LogP contribution in [0.4, 0.5) is 5.82 Å². The molecule has 0 radical (unpaired) electrons. The van der Waals surface area contributed by atoms with E-state index in [1.54, 1.807) is 7.11 Å². The second-order valence-corrected chi connectivity index (χ2v) is 5.07. The highest BCUT2D eigenvalue weighted by atomic mass is 16.5. The molecule has 0 unspecified atom stereocenters. The van der Waals surface area contributed by atoms with E-state index in [1.165, 1.54) is 5.56 Å². The van der Waals surface area contributed by atoms with Gasteiger partial charge in [0.15, 0.2) is 0 Å². The van der Waals surface area contributed by atoms with Crippen molar-refractivity contribution in [1.29, 1.82) is 0 Å². The zero-order chi connectivity index (χ0) is 14.9. The van der Waals surface area contributed by atoms with E-state index in [4.69, 9.17) is 4.74 Å². The van der Waals surface area contributed by atoms with Crippen LogP contribution in [0.5, 0.6) is 5.88 Å².